The summed E-state index contributed by atoms with van der Waals surface area (Å²) in [6, 6.07) is 10.5. The Hall–Kier alpha value is -2.29. The van der Waals surface area contributed by atoms with Crippen molar-refractivity contribution in [2.45, 2.75) is 26.3 Å². The van der Waals surface area contributed by atoms with Gasteiger partial charge in [-0.2, -0.15) is 0 Å². The number of rotatable bonds is 5. The summed E-state index contributed by atoms with van der Waals surface area (Å²) in [5.41, 5.74) is 3.86. The zero-order valence-electron chi connectivity index (χ0n) is 12.6. The molecule has 0 spiro atoms. The lowest BCUT2D eigenvalue weighted by Gasteiger charge is -2.01. The summed E-state index contributed by atoms with van der Waals surface area (Å²) < 4.78 is 7.53. The van der Waals surface area contributed by atoms with Gasteiger partial charge < -0.3 is 9.72 Å². The number of hydrogen-bond donors (Lipinski definition) is 1. The third-order valence-corrected chi connectivity index (χ3v) is 3.94. The van der Waals surface area contributed by atoms with Gasteiger partial charge in [-0.3, -0.25) is 0 Å². The standard InChI is InChI=1S/C18H21N2O/c1-3-14-5-4-9-20(13-14)10-8-15-12-19-18-11-16(21-2)6-7-17(15)18/h4-7,9,11-13,19H,3,8,10H2,1-2H3/q+1. The number of nitrogens with zero attached hydrogens (tertiary/aromatic N) is 1. The molecule has 1 N–H and O–H groups in total. The molecule has 0 radical (unpaired) electrons. The minimum atomic E-state index is 0.890. The second-order valence-corrected chi connectivity index (χ2v) is 5.28. The van der Waals surface area contributed by atoms with Gasteiger partial charge in [0.05, 0.1) is 7.11 Å². The first-order valence-electron chi connectivity index (χ1n) is 7.42. The summed E-state index contributed by atoms with van der Waals surface area (Å²) >= 11 is 0. The third kappa shape index (κ3) is 2.92. The fourth-order valence-electron chi connectivity index (χ4n) is 2.67. The van der Waals surface area contributed by atoms with Crippen molar-refractivity contribution in [3.8, 4) is 5.75 Å². The van der Waals surface area contributed by atoms with Crippen LogP contribution in [0.1, 0.15) is 18.1 Å². The Kier molecular flexibility index (Phi) is 3.91. The van der Waals surface area contributed by atoms with Crippen LogP contribution in [-0.2, 0) is 19.4 Å². The van der Waals surface area contributed by atoms with Crippen molar-refractivity contribution in [2.24, 2.45) is 0 Å². The highest BCUT2D eigenvalue weighted by atomic mass is 16.5. The molecule has 0 fully saturated rings. The first kappa shape index (κ1) is 13.7. The number of aromatic nitrogens is 2. The summed E-state index contributed by atoms with van der Waals surface area (Å²) in [6.07, 6.45) is 8.57. The minimum Gasteiger partial charge on any atom is -0.497 e. The van der Waals surface area contributed by atoms with Gasteiger partial charge in [0.1, 0.15) is 5.75 Å². The highest BCUT2D eigenvalue weighted by Gasteiger charge is 2.08. The number of aryl methyl sites for hydroxylation is 3. The molecule has 0 aliphatic rings. The van der Waals surface area contributed by atoms with Crippen LogP contribution >= 0.6 is 0 Å². The maximum atomic E-state index is 5.26. The lowest BCUT2D eigenvalue weighted by Crippen LogP contribution is -2.34. The van der Waals surface area contributed by atoms with E-state index in [4.69, 9.17) is 4.74 Å². The van der Waals surface area contributed by atoms with Gasteiger partial charge in [-0.25, -0.2) is 4.57 Å². The van der Waals surface area contributed by atoms with E-state index in [0.717, 1.165) is 30.7 Å². The van der Waals surface area contributed by atoms with Gasteiger partial charge in [-0.15, -0.1) is 0 Å². The number of benzene rings is 1. The summed E-state index contributed by atoms with van der Waals surface area (Å²) in [7, 11) is 1.70. The van der Waals surface area contributed by atoms with Crippen LogP contribution < -0.4 is 9.30 Å². The molecule has 108 valence electrons. The van der Waals surface area contributed by atoms with E-state index in [9.17, 15) is 0 Å². The predicted molar refractivity (Wildman–Crippen MR) is 84.6 cm³/mol. The first-order valence-corrected chi connectivity index (χ1v) is 7.42. The van der Waals surface area contributed by atoms with E-state index in [1.807, 2.05) is 12.1 Å². The molecule has 3 nitrogen and oxygen atoms in total. The molecule has 2 heterocycles. The van der Waals surface area contributed by atoms with Gasteiger partial charge in [0, 0.05) is 41.2 Å². The van der Waals surface area contributed by atoms with Gasteiger partial charge in [0.2, 0.25) is 0 Å². The van der Waals surface area contributed by atoms with E-state index in [1.54, 1.807) is 7.11 Å². The topological polar surface area (TPSA) is 28.9 Å². The Bertz CT molecular complexity index is 746. The van der Waals surface area contributed by atoms with Gasteiger partial charge in [0.25, 0.3) is 0 Å². The van der Waals surface area contributed by atoms with E-state index in [2.05, 4.69) is 53.3 Å². The number of ether oxygens (including phenoxy) is 1. The van der Waals surface area contributed by atoms with Crippen molar-refractivity contribution in [1.29, 1.82) is 0 Å². The Labute approximate surface area is 125 Å². The molecule has 0 aliphatic heterocycles. The predicted octanol–water partition coefficient (Wildman–Crippen LogP) is 3.27. The number of H-pyrrole nitrogens is 1. The molecule has 2 aromatic heterocycles. The number of methoxy groups -OCH3 is 1. The van der Waals surface area contributed by atoms with Gasteiger partial charge in [-0.05, 0) is 30.2 Å². The molecule has 0 bridgehead atoms. The van der Waals surface area contributed by atoms with Crippen molar-refractivity contribution in [2.75, 3.05) is 7.11 Å². The van der Waals surface area contributed by atoms with E-state index in [1.165, 1.54) is 16.5 Å². The fraction of sp³-hybridized carbons (Fsp3) is 0.278. The van der Waals surface area contributed by atoms with Crippen molar-refractivity contribution < 1.29 is 9.30 Å². The summed E-state index contributed by atoms with van der Waals surface area (Å²) in [5.74, 6) is 0.890. The smallest absolute Gasteiger partial charge is 0.171 e. The SMILES string of the molecule is CCc1ccc[n+](CCc2c[nH]c3cc(OC)ccc23)c1. The minimum absolute atomic E-state index is 0.890. The van der Waals surface area contributed by atoms with Crippen molar-refractivity contribution >= 4 is 10.9 Å². The summed E-state index contributed by atoms with van der Waals surface area (Å²) in [6.45, 7) is 3.18. The van der Waals surface area contributed by atoms with Crippen LogP contribution in [-0.4, -0.2) is 12.1 Å². The summed E-state index contributed by atoms with van der Waals surface area (Å²) in [4.78, 5) is 3.33. The van der Waals surface area contributed by atoms with Crippen LogP contribution in [0, 0.1) is 0 Å². The highest BCUT2D eigenvalue weighted by molar-refractivity contribution is 5.84. The molecule has 0 atom stereocenters. The van der Waals surface area contributed by atoms with Crippen LogP contribution in [0.15, 0.2) is 48.9 Å². The second-order valence-electron chi connectivity index (χ2n) is 5.28. The van der Waals surface area contributed by atoms with Crippen molar-refractivity contribution in [3.63, 3.8) is 0 Å². The van der Waals surface area contributed by atoms with E-state index >= 15 is 0 Å². The van der Waals surface area contributed by atoms with E-state index < -0.39 is 0 Å². The molecule has 3 aromatic rings. The maximum Gasteiger partial charge on any atom is 0.171 e. The van der Waals surface area contributed by atoms with Crippen LogP contribution in [0.4, 0.5) is 0 Å². The maximum absolute atomic E-state index is 5.26. The second kappa shape index (κ2) is 6.00. The first-order chi connectivity index (χ1) is 10.3. The van der Waals surface area contributed by atoms with Crippen LogP contribution in [0.3, 0.4) is 0 Å². The van der Waals surface area contributed by atoms with Crippen LogP contribution in [0.2, 0.25) is 0 Å². The molecule has 0 saturated carbocycles. The van der Waals surface area contributed by atoms with Crippen molar-refractivity contribution in [1.82, 2.24) is 4.98 Å². The monoisotopic (exact) mass is 281 g/mol. The largest absolute Gasteiger partial charge is 0.497 e. The molecule has 21 heavy (non-hydrogen) atoms. The number of nitrogens with one attached hydrogen (secondary N) is 1. The number of hydrogen-bond acceptors (Lipinski definition) is 1. The third-order valence-electron chi connectivity index (χ3n) is 3.94. The van der Waals surface area contributed by atoms with Gasteiger partial charge >= 0.3 is 0 Å². The van der Waals surface area contributed by atoms with Gasteiger partial charge in [0.15, 0.2) is 18.9 Å². The zero-order valence-corrected chi connectivity index (χ0v) is 12.6. The Morgan fingerprint density at radius 2 is 2.14 bits per heavy atom. The molecule has 1 aromatic carbocycles. The molecule has 0 amide bonds. The molecular weight excluding hydrogens is 260 g/mol. The van der Waals surface area contributed by atoms with E-state index in [-0.39, 0.29) is 0 Å². The van der Waals surface area contributed by atoms with Crippen LogP contribution in [0.25, 0.3) is 10.9 Å². The lowest BCUT2D eigenvalue weighted by molar-refractivity contribution is -0.696. The Balaban J connectivity index is 1.78. The molecule has 3 heteroatoms. The Morgan fingerprint density at radius 1 is 1.24 bits per heavy atom. The number of fused-ring (bicyclic) bond motifs is 1. The fourth-order valence-corrected chi connectivity index (χ4v) is 2.67. The average Bonchev–Trinajstić information content (AvgIpc) is 2.95. The molecular formula is C18H21N2O+. The average molecular weight is 281 g/mol. The molecule has 3 rings (SSSR count). The quantitative estimate of drug-likeness (QED) is 0.714. The molecule has 0 saturated heterocycles. The summed E-state index contributed by atoms with van der Waals surface area (Å²) in [5, 5.41) is 1.28. The highest BCUT2D eigenvalue weighted by Crippen LogP contribution is 2.23. The van der Waals surface area contributed by atoms with E-state index in [0.29, 0.717) is 0 Å². The lowest BCUT2D eigenvalue weighted by atomic mass is 10.1. The van der Waals surface area contributed by atoms with Gasteiger partial charge in [-0.1, -0.05) is 6.92 Å². The Morgan fingerprint density at radius 3 is 2.95 bits per heavy atom. The molecule has 0 unspecified atom stereocenters. The number of pyridine rings is 1. The number of aromatic amines is 1. The molecule has 0 aliphatic carbocycles. The zero-order chi connectivity index (χ0) is 14.7. The normalized spacial score (nSPS) is 11.0. The van der Waals surface area contributed by atoms with Crippen LogP contribution in [0.5, 0.6) is 5.75 Å². The van der Waals surface area contributed by atoms with Crippen molar-refractivity contribution in [3.05, 3.63) is 60.0 Å².